The van der Waals surface area contributed by atoms with Crippen molar-refractivity contribution in [3.05, 3.63) is 0 Å². The van der Waals surface area contributed by atoms with Gasteiger partial charge in [-0.2, -0.15) is 0 Å². The van der Waals surface area contributed by atoms with Crippen molar-refractivity contribution in [1.82, 2.24) is 5.32 Å². The summed E-state index contributed by atoms with van der Waals surface area (Å²) in [6.07, 6.45) is 3.57. The van der Waals surface area contributed by atoms with Crippen molar-refractivity contribution in [2.24, 2.45) is 0 Å². The zero-order chi connectivity index (χ0) is 15.0. The predicted octanol–water partition coefficient (Wildman–Crippen LogP) is 1.89. The van der Waals surface area contributed by atoms with Gasteiger partial charge in [-0.15, -0.1) is 0 Å². The van der Waals surface area contributed by atoms with Crippen LogP contribution in [0.25, 0.3) is 0 Å². The van der Waals surface area contributed by atoms with Crippen LogP contribution in [-0.4, -0.2) is 50.6 Å². The van der Waals surface area contributed by atoms with Gasteiger partial charge in [-0.25, -0.2) is 0 Å². The molecule has 0 saturated heterocycles. The van der Waals surface area contributed by atoms with Crippen molar-refractivity contribution >= 4 is 5.97 Å². The van der Waals surface area contributed by atoms with Gasteiger partial charge in [0.05, 0.1) is 25.4 Å². The molecule has 1 aliphatic rings. The van der Waals surface area contributed by atoms with Crippen molar-refractivity contribution in [1.29, 1.82) is 0 Å². The Morgan fingerprint density at radius 2 is 2.20 bits per heavy atom. The summed E-state index contributed by atoms with van der Waals surface area (Å²) in [5.74, 6) is -0.144. The second-order valence-corrected chi connectivity index (χ2v) is 5.45. The highest BCUT2D eigenvalue weighted by atomic mass is 16.5. The number of hydrogen-bond acceptors (Lipinski definition) is 5. The van der Waals surface area contributed by atoms with Gasteiger partial charge in [0.2, 0.25) is 0 Å². The fraction of sp³-hybridized carbons (Fsp3) is 0.933. The topological polar surface area (TPSA) is 56.8 Å². The first kappa shape index (κ1) is 17.4. The molecule has 0 aliphatic heterocycles. The minimum absolute atomic E-state index is 0.0459. The Kier molecular flexibility index (Phi) is 7.48. The average Bonchev–Trinajstić information content (AvgIpc) is 2.40. The highest BCUT2D eigenvalue weighted by Crippen LogP contribution is 2.32. The Labute approximate surface area is 122 Å². The largest absolute Gasteiger partial charge is 0.465 e. The summed E-state index contributed by atoms with van der Waals surface area (Å²) in [4.78, 5) is 12.3. The molecule has 1 saturated carbocycles. The molecule has 1 fully saturated rings. The summed E-state index contributed by atoms with van der Waals surface area (Å²) in [7, 11) is 1.67. The van der Waals surface area contributed by atoms with E-state index in [1.54, 1.807) is 7.11 Å². The molecule has 0 amide bonds. The van der Waals surface area contributed by atoms with E-state index >= 15 is 0 Å². The number of likely N-dealkylation sites (N-methyl/N-ethyl adjacent to an activating group) is 1. The quantitative estimate of drug-likeness (QED) is 0.691. The van der Waals surface area contributed by atoms with Gasteiger partial charge in [-0.1, -0.05) is 6.92 Å². The minimum atomic E-state index is -0.583. The first-order valence-electron chi connectivity index (χ1n) is 7.64. The van der Waals surface area contributed by atoms with Crippen LogP contribution in [0.3, 0.4) is 0 Å². The van der Waals surface area contributed by atoms with E-state index in [1.807, 2.05) is 20.8 Å². The number of rotatable bonds is 8. The highest BCUT2D eigenvalue weighted by Gasteiger charge is 2.44. The molecule has 5 nitrogen and oxygen atoms in total. The lowest BCUT2D eigenvalue weighted by Crippen LogP contribution is -2.57. The van der Waals surface area contributed by atoms with Crippen molar-refractivity contribution in [3.63, 3.8) is 0 Å². The molecule has 3 atom stereocenters. The van der Waals surface area contributed by atoms with Crippen LogP contribution < -0.4 is 5.32 Å². The molecular weight excluding hydrogens is 258 g/mol. The Morgan fingerprint density at radius 1 is 1.45 bits per heavy atom. The fourth-order valence-electron chi connectivity index (χ4n) is 2.97. The number of methoxy groups -OCH3 is 1. The predicted molar refractivity (Wildman–Crippen MR) is 77.7 cm³/mol. The first-order chi connectivity index (χ1) is 9.57. The zero-order valence-electron chi connectivity index (χ0n) is 13.2. The fourth-order valence-corrected chi connectivity index (χ4v) is 2.97. The summed E-state index contributed by atoms with van der Waals surface area (Å²) in [5, 5.41) is 3.33. The molecule has 1 N–H and O–H groups in total. The molecule has 0 bridgehead atoms. The van der Waals surface area contributed by atoms with E-state index < -0.39 is 5.54 Å². The van der Waals surface area contributed by atoms with E-state index in [4.69, 9.17) is 14.2 Å². The summed E-state index contributed by atoms with van der Waals surface area (Å²) in [5.41, 5.74) is -0.583. The molecule has 1 rings (SSSR count). The highest BCUT2D eigenvalue weighted by molar-refractivity contribution is 5.81. The Balaban J connectivity index is 2.68. The SMILES string of the molecule is CCNC1(C(=O)OCC)CCCC(OC(C)COC)C1. The minimum Gasteiger partial charge on any atom is -0.465 e. The molecule has 0 spiro atoms. The van der Waals surface area contributed by atoms with Crippen molar-refractivity contribution in [2.75, 3.05) is 26.9 Å². The van der Waals surface area contributed by atoms with Crippen LogP contribution >= 0.6 is 0 Å². The van der Waals surface area contributed by atoms with Crippen LogP contribution in [0.4, 0.5) is 0 Å². The van der Waals surface area contributed by atoms with Crippen LogP contribution in [-0.2, 0) is 19.0 Å². The van der Waals surface area contributed by atoms with E-state index in [0.29, 0.717) is 19.6 Å². The van der Waals surface area contributed by atoms with E-state index in [9.17, 15) is 4.79 Å². The Hall–Kier alpha value is -0.650. The van der Waals surface area contributed by atoms with Gasteiger partial charge < -0.3 is 19.5 Å². The molecular formula is C15H29NO4. The summed E-state index contributed by atoms with van der Waals surface area (Å²) >= 11 is 0. The van der Waals surface area contributed by atoms with E-state index in [0.717, 1.165) is 25.8 Å². The summed E-state index contributed by atoms with van der Waals surface area (Å²) < 4.78 is 16.3. The lowest BCUT2D eigenvalue weighted by Gasteiger charge is -2.40. The molecule has 0 aromatic rings. The van der Waals surface area contributed by atoms with Crippen LogP contribution in [0.5, 0.6) is 0 Å². The van der Waals surface area contributed by atoms with Crippen LogP contribution in [0.1, 0.15) is 46.5 Å². The Bertz CT molecular complexity index is 294. The van der Waals surface area contributed by atoms with E-state index in [2.05, 4.69) is 5.32 Å². The number of esters is 1. The third-order valence-corrected chi connectivity index (χ3v) is 3.71. The second kappa shape index (κ2) is 8.60. The molecule has 5 heteroatoms. The van der Waals surface area contributed by atoms with Crippen LogP contribution in [0.15, 0.2) is 0 Å². The van der Waals surface area contributed by atoms with Crippen molar-refractivity contribution in [3.8, 4) is 0 Å². The molecule has 20 heavy (non-hydrogen) atoms. The lowest BCUT2D eigenvalue weighted by atomic mass is 9.80. The maximum Gasteiger partial charge on any atom is 0.326 e. The summed E-state index contributed by atoms with van der Waals surface area (Å²) in [6.45, 7) is 7.59. The normalized spacial score (nSPS) is 28.1. The van der Waals surface area contributed by atoms with Gasteiger partial charge in [0.1, 0.15) is 5.54 Å². The second-order valence-electron chi connectivity index (χ2n) is 5.45. The average molecular weight is 287 g/mol. The molecule has 0 aromatic carbocycles. The van der Waals surface area contributed by atoms with Crippen LogP contribution in [0.2, 0.25) is 0 Å². The molecule has 1 aliphatic carbocycles. The number of carbonyl (C=O) groups excluding carboxylic acids is 1. The number of ether oxygens (including phenoxy) is 3. The van der Waals surface area contributed by atoms with Crippen LogP contribution in [0, 0.1) is 0 Å². The smallest absolute Gasteiger partial charge is 0.326 e. The molecule has 3 unspecified atom stereocenters. The standard InChI is InChI=1S/C15H29NO4/c1-5-16-15(14(17)19-6-2)9-7-8-13(10-15)20-12(3)11-18-4/h12-13,16H,5-11H2,1-4H3. The number of hydrogen-bond donors (Lipinski definition) is 1. The van der Waals surface area contributed by atoms with Crippen molar-refractivity contribution in [2.45, 2.75) is 64.2 Å². The van der Waals surface area contributed by atoms with Gasteiger partial charge >= 0.3 is 5.97 Å². The zero-order valence-corrected chi connectivity index (χ0v) is 13.2. The van der Waals surface area contributed by atoms with Gasteiger partial charge in [-0.3, -0.25) is 4.79 Å². The number of nitrogens with one attached hydrogen (secondary N) is 1. The van der Waals surface area contributed by atoms with Crippen molar-refractivity contribution < 1.29 is 19.0 Å². The lowest BCUT2D eigenvalue weighted by molar-refractivity contribution is -0.157. The van der Waals surface area contributed by atoms with Gasteiger partial charge in [-0.05, 0) is 39.7 Å². The molecule has 118 valence electrons. The third-order valence-electron chi connectivity index (χ3n) is 3.71. The maximum atomic E-state index is 12.3. The van der Waals surface area contributed by atoms with Gasteiger partial charge in [0.15, 0.2) is 0 Å². The molecule has 0 aromatic heterocycles. The number of carbonyl (C=O) groups is 1. The molecule has 0 heterocycles. The first-order valence-corrected chi connectivity index (χ1v) is 7.64. The van der Waals surface area contributed by atoms with Gasteiger partial charge in [0.25, 0.3) is 0 Å². The third kappa shape index (κ3) is 4.72. The molecule has 0 radical (unpaired) electrons. The Morgan fingerprint density at radius 3 is 2.80 bits per heavy atom. The van der Waals surface area contributed by atoms with Gasteiger partial charge in [0, 0.05) is 13.5 Å². The monoisotopic (exact) mass is 287 g/mol. The maximum absolute atomic E-state index is 12.3. The van der Waals surface area contributed by atoms with E-state index in [-0.39, 0.29) is 18.2 Å². The van der Waals surface area contributed by atoms with E-state index in [1.165, 1.54) is 0 Å². The summed E-state index contributed by atoms with van der Waals surface area (Å²) in [6, 6.07) is 0.